The summed E-state index contributed by atoms with van der Waals surface area (Å²) >= 11 is 0. The Labute approximate surface area is 139 Å². The topological polar surface area (TPSA) is 49.4 Å². The maximum Gasteiger partial charge on any atom is 0.416 e. The average Bonchev–Trinajstić information content (AvgIpc) is 2.92. The molecule has 0 unspecified atom stereocenters. The van der Waals surface area contributed by atoms with E-state index in [1.807, 2.05) is 0 Å². The number of hydrogen-bond acceptors (Lipinski definition) is 2. The molecule has 7 heteroatoms. The van der Waals surface area contributed by atoms with Crippen LogP contribution in [0, 0.1) is 0 Å². The predicted octanol–water partition coefficient (Wildman–Crippen LogP) is 3.29. The third kappa shape index (κ3) is 4.72. The van der Waals surface area contributed by atoms with Gasteiger partial charge in [-0.15, -0.1) is 0 Å². The molecule has 1 aliphatic rings. The molecule has 2 amide bonds. The van der Waals surface area contributed by atoms with Crippen molar-refractivity contribution in [2.45, 2.75) is 44.8 Å². The normalized spacial score (nSPS) is 16.3. The fourth-order valence-electron chi connectivity index (χ4n) is 2.90. The summed E-state index contributed by atoms with van der Waals surface area (Å²) in [5.41, 5.74) is -0.687. The van der Waals surface area contributed by atoms with Gasteiger partial charge in [0.15, 0.2) is 0 Å². The highest BCUT2D eigenvalue weighted by atomic mass is 19.4. The second-order valence-electron chi connectivity index (χ2n) is 5.96. The molecule has 1 N–H and O–H groups in total. The Bertz CT molecular complexity index is 602. The van der Waals surface area contributed by atoms with E-state index in [4.69, 9.17) is 0 Å². The lowest BCUT2D eigenvalue weighted by Gasteiger charge is -2.20. The van der Waals surface area contributed by atoms with Crippen molar-refractivity contribution < 1.29 is 22.8 Å². The minimum absolute atomic E-state index is 0.0491. The number of rotatable bonds is 6. The first kappa shape index (κ1) is 18.3. The Morgan fingerprint density at radius 2 is 2.04 bits per heavy atom. The lowest BCUT2D eigenvalue weighted by molar-refractivity contribution is -0.138. The summed E-state index contributed by atoms with van der Waals surface area (Å²) in [5.74, 6) is -0.214. The number of hydrogen-bond donors (Lipinski definition) is 1. The molecule has 1 aromatic rings. The first-order valence-electron chi connectivity index (χ1n) is 8.02. The van der Waals surface area contributed by atoms with E-state index in [-0.39, 0.29) is 23.8 Å². The zero-order valence-electron chi connectivity index (χ0n) is 13.5. The molecule has 132 valence electrons. The number of halogens is 3. The molecule has 0 aromatic heterocycles. The minimum Gasteiger partial charge on any atom is -0.350 e. The Kier molecular flexibility index (Phi) is 5.85. The summed E-state index contributed by atoms with van der Waals surface area (Å²) in [6.07, 6.45) is -2.37. The average molecular weight is 342 g/mol. The molecule has 1 fully saturated rings. The number of likely N-dealkylation sites (tertiary alicyclic amines) is 1. The Morgan fingerprint density at radius 1 is 1.33 bits per heavy atom. The molecule has 1 heterocycles. The highest BCUT2D eigenvalue weighted by Gasteiger charge is 2.34. The van der Waals surface area contributed by atoms with Crippen molar-refractivity contribution >= 4 is 11.8 Å². The summed E-state index contributed by atoms with van der Waals surface area (Å²) in [6.45, 7) is 2.77. The van der Waals surface area contributed by atoms with Crippen LogP contribution in [0.2, 0.25) is 0 Å². The Hall–Kier alpha value is -2.05. The lowest BCUT2D eigenvalue weighted by Crippen LogP contribution is -2.30. The number of alkyl halides is 3. The third-order valence-electron chi connectivity index (χ3n) is 4.11. The van der Waals surface area contributed by atoms with Crippen molar-refractivity contribution in [3.05, 3.63) is 35.4 Å². The molecule has 1 aliphatic heterocycles. The highest BCUT2D eigenvalue weighted by Crippen LogP contribution is 2.34. The molecule has 0 radical (unpaired) electrons. The fraction of sp³-hybridized carbons (Fsp3) is 0.529. The van der Waals surface area contributed by atoms with Gasteiger partial charge in [-0.1, -0.05) is 18.2 Å². The van der Waals surface area contributed by atoms with Gasteiger partial charge >= 0.3 is 6.18 Å². The molecule has 0 bridgehead atoms. The minimum atomic E-state index is -4.45. The van der Waals surface area contributed by atoms with Gasteiger partial charge in [0, 0.05) is 25.9 Å². The molecule has 24 heavy (non-hydrogen) atoms. The molecule has 0 spiro atoms. The summed E-state index contributed by atoms with van der Waals surface area (Å²) in [7, 11) is 0. The van der Waals surface area contributed by atoms with Crippen LogP contribution in [-0.2, 0) is 15.8 Å². The molecule has 0 saturated carbocycles. The van der Waals surface area contributed by atoms with Crippen molar-refractivity contribution in [3.8, 4) is 0 Å². The number of carbonyl (C=O) groups excluding carboxylic acids is 2. The van der Waals surface area contributed by atoms with Crippen LogP contribution in [0.15, 0.2) is 24.3 Å². The Balaban J connectivity index is 1.87. The molecule has 0 aliphatic carbocycles. The van der Waals surface area contributed by atoms with Crippen LogP contribution >= 0.6 is 0 Å². The predicted molar refractivity (Wildman–Crippen MR) is 83.0 cm³/mol. The maximum absolute atomic E-state index is 13.0. The number of nitrogens with one attached hydrogen (secondary N) is 1. The van der Waals surface area contributed by atoms with Gasteiger partial charge in [0.25, 0.3) is 0 Å². The van der Waals surface area contributed by atoms with Crippen LogP contribution in [0.3, 0.4) is 0 Å². The quantitative estimate of drug-likeness (QED) is 0.862. The van der Waals surface area contributed by atoms with Gasteiger partial charge in [-0.25, -0.2) is 0 Å². The van der Waals surface area contributed by atoms with Crippen LogP contribution in [0.25, 0.3) is 0 Å². The number of amides is 2. The van der Waals surface area contributed by atoms with E-state index in [0.29, 0.717) is 19.4 Å². The van der Waals surface area contributed by atoms with Crippen molar-refractivity contribution in [2.24, 2.45) is 0 Å². The molecule has 1 saturated heterocycles. The molecular formula is C17H21F3N2O2. The number of carbonyl (C=O) groups is 2. The van der Waals surface area contributed by atoms with E-state index in [0.717, 1.165) is 19.0 Å². The lowest BCUT2D eigenvalue weighted by atomic mass is 10.0. The summed E-state index contributed by atoms with van der Waals surface area (Å²) in [5, 5.41) is 2.60. The molecular weight excluding hydrogens is 321 g/mol. The van der Waals surface area contributed by atoms with Crippen molar-refractivity contribution in [3.63, 3.8) is 0 Å². The third-order valence-corrected chi connectivity index (χ3v) is 4.11. The number of nitrogens with zero attached hydrogens (tertiary/aromatic N) is 1. The maximum atomic E-state index is 13.0. The van der Waals surface area contributed by atoms with Crippen LogP contribution in [0.4, 0.5) is 13.2 Å². The zero-order valence-corrected chi connectivity index (χ0v) is 13.5. The Morgan fingerprint density at radius 3 is 2.67 bits per heavy atom. The van der Waals surface area contributed by atoms with Crippen LogP contribution in [0.1, 0.15) is 49.8 Å². The standard InChI is InChI=1S/C17H21F3N2O2/c1-12(13-6-2-3-7-14(13)17(18,19)20)21-15(23)8-4-10-22-11-5-9-16(22)24/h2-3,6-7,12H,4-5,8-11H2,1H3,(H,21,23)/t12-/m1/s1. The second kappa shape index (κ2) is 7.68. The molecule has 2 rings (SSSR count). The zero-order chi connectivity index (χ0) is 17.7. The van der Waals surface area contributed by atoms with E-state index in [1.165, 1.54) is 25.1 Å². The highest BCUT2D eigenvalue weighted by molar-refractivity contribution is 5.78. The second-order valence-corrected chi connectivity index (χ2v) is 5.96. The summed E-state index contributed by atoms with van der Waals surface area (Å²) < 4.78 is 39.0. The van der Waals surface area contributed by atoms with Gasteiger partial charge in [-0.3, -0.25) is 9.59 Å². The summed E-state index contributed by atoms with van der Waals surface area (Å²) in [6, 6.07) is 4.50. The van der Waals surface area contributed by atoms with E-state index in [1.54, 1.807) is 4.90 Å². The summed E-state index contributed by atoms with van der Waals surface area (Å²) in [4.78, 5) is 25.1. The van der Waals surface area contributed by atoms with Gasteiger partial charge < -0.3 is 10.2 Å². The van der Waals surface area contributed by atoms with Crippen molar-refractivity contribution in [1.29, 1.82) is 0 Å². The van der Waals surface area contributed by atoms with Gasteiger partial charge in [0.1, 0.15) is 0 Å². The van der Waals surface area contributed by atoms with Gasteiger partial charge in [0.2, 0.25) is 11.8 Å². The van der Waals surface area contributed by atoms with Gasteiger partial charge in [-0.2, -0.15) is 13.2 Å². The smallest absolute Gasteiger partial charge is 0.350 e. The first-order valence-corrected chi connectivity index (χ1v) is 8.02. The van der Waals surface area contributed by atoms with Gasteiger partial charge in [0.05, 0.1) is 11.6 Å². The SMILES string of the molecule is C[C@@H](NC(=O)CCCN1CCCC1=O)c1ccccc1C(F)(F)F. The van der Waals surface area contributed by atoms with Crippen LogP contribution in [-0.4, -0.2) is 29.8 Å². The van der Waals surface area contributed by atoms with Crippen LogP contribution in [0.5, 0.6) is 0 Å². The molecule has 1 aromatic carbocycles. The molecule has 4 nitrogen and oxygen atoms in total. The molecule has 1 atom stereocenters. The number of benzene rings is 1. The van der Waals surface area contributed by atoms with Crippen LogP contribution < -0.4 is 5.32 Å². The van der Waals surface area contributed by atoms with Crippen molar-refractivity contribution in [2.75, 3.05) is 13.1 Å². The first-order chi connectivity index (χ1) is 11.3. The monoisotopic (exact) mass is 342 g/mol. The van der Waals surface area contributed by atoms with Crippen molar-refractivity contribution in [1.82, 2.24) is 10.2 Å². The van der Waals surface area contributed by atoms with E-state index in [2.05, 4.69) is 5.32 Å². The van der Waals surface area contributed by atoms with E-state index < -0.39 is 17.8 Å². The fourth-order valence-corrected chi connectivity index (χ4v) is 2.90. The largest absolute Gasteiger partial charge is 0.416 e. The van der Waals surface area contributed by atoms with Gasteiger partial charge in [-0.05, 0) is 31.4 Å². The van der Waals surface area contributed by atoms with E-state index >= 15 is 0 Å². The van der Waals surface area contributed by atoms with E-state index in [9.17, 15) is 22.8 Å².